The summed E-state index contributed by atoms with van der Waals surface area (Å²) in [6.45, 7) is 0. The second-order valence-corrected chi connectivity index (χ2v) is 29.2. The number of hydrogen-bond donors (Lipinski definition) is 0. The normalized spacial score (nSPS) is 14.1. The Morgan fingerprint density at radius 3 is 1.01 bits per heavy atom. The minimum absolute atomic E-state index is 0.877. The molecular weight excluding hydrogens is 997 g/mol. The SMILES string of the molecule is c1ccc([Si]2(c3ccccc3)c3ccccc3N(c3ccc4oc5ccc(-c6ccc7sc8ccc(N9c%10ccccc%10[Si](c%10ccccc%10)(c%10ccccc%10)c%10ccccc%109)cc8c7c6)cc5c4c3)c3ccccc32)cc1. The predicted molar refractivity (Wildman–Crippen MR) is 336 cm³/mol. The second-order valence-electron chi connectivity index (χ2n) is 20.7. The van der Waals surface area contributed by atoms with Crippen molar-refractivity contribution in [1.29, 1.82) is 0 Å². The molecule has 0 radical (unpaired) electrons. The number of fused-ring (bicyclic) bond motifs is 10. The summed E-state index contributed by atoms with van der Waals surface area (Å²) in [4.78, 5) is 5.01. The van der Waals surface area contributed by atoms with E-state index in [1.165, 1.54) is 90.0 Å². The smallest absolute Gasteiger partial charge is 0.184 e. The Kier molecular flexibility index (Phi) is 10.2. The maximum Gasteiger partial charge on any atom is 0.184 e. The van der Waals surface area contributed by atoms with Crippen molar-refractivity contribution in [3.63, 3.8) is 0 Å². The highest BCUT2D eigenvalue weighted by atomic mass is 32.1. The molecule has 0 saturated carbocycles. The summed E-state index contributed by atoms with van der Waals surface area (Å²) in [6, 6.07) is 109. The third-order valence-electron chi connectivity index (χ3n) is 16.8. The van der Waals surface area contributed by atoms with E-state index in [9.17, 15) is 0 Å². The summed E-state index contributed by atoms with van der Waals surface area (Å²) in [6.07, 6.45) is 0. The number of hydrogen-bond acceptors (Lipinski definition) is 4. The molecule has 2 aliphatic rings. The minimum Gasteiger partial charge on any atom is -0.456 e. The van der Waals surface area contributed by atoms with E-state index in [1.54, 1.807) is 0 Å². The van der Waals surface area contributed by atoms with Gasteiger partial charge in [-0.3, -0.25) is 0 Å². The van der Waals surface area contributed by atoms with Crippen LogP contribution < -0.4 is 51.3 Å². The molecule has 14 aromatic rings. The lowest BCUT2D eigenvalue weighted by atomic mass is 10.0. The molecule has 0 saturated heterocycles. The van der Waals surface area contributed by atoms with Crippen LogP contribution in [0.25, 0.3) is 53.2 Å². The van der Waals surface area contributed by atoms with Crippen molar-refractivity contribution >= 4 is 145 Å². The lowest BCUT2D eigenvalue weighted by Gasteiger charge is -2.45. The van der Waals surface area contributed by atoms with Crippen molar-refractivity contribution in [1.82, 2.24) is 0 Å². The van der Waals surface area contributed by atoms with Gasteiger partial charge in [-0.15, -0.1) is 11.3 Å². The number of furan rings is 1. The van der Waals surface area contributed by atoms with Crippen molar-refractivity contribution in [2.45, 2.75) is 0 Å². The van der Waals surface area contributed by atoms with Crippen LogP contribution in [0.5, 0.6) is 0 Å². The lowest BCUT2D eigenvalue weighted by Crippen LogP contribution is -2.77. The van der Waals surface area contributed by atoms with Gasteiger partial charge in [-0.2, -0.15) is 0 Å². The zero-order chi connectivity index (χ0) is 51.4. The third-order valence-corrected chi connectivity index (χ3v) is 27.7. The number of anilines is 6. The first-order chi connectivity index (χ1) is 38.7. The molecule has 6 heteroatoms. The first kappa shape index (κ1) is 44.9. The molecule has 2 aromatic heterocycles. The van der Waals surface area contributed by atoms with E-state index in [1.807, 2.05) is 11.3 Å². The van der Waals surface area contributed by atoms with Crippen molar-refractivity contribution in [2.24, 2.45) is 0 Å². The van der Waals surface area contributed by atoms with Gasteiger partial charge in [0.2, 0.25) is 0 Å². The first-order valence-electron chi connectivity index (χ1n) is 26.8. The fraction of sp³-hybridized carbons (Fsp3) is 0. The van der Waals surface area contributed by atoms with Gasteiger partial charge < -0.3 is 14.2 Å². The van der Waals surface area contributed by atoms with E-state index in [-0.39, 0.29) is 0 Å². The molecule has 0 unspecified atom stereocenters. The van der Waals surface area contributed by atoms with Crippen LogP contribution in [0.4, 0.5) is 34.1 Å². The summed E-state index contributed by atoms with van der Waals surface area (Å²) < 4.78 is 9.21. The zero-order valence-electron chi connectivity index (χ0n) is 42.4. The van der Waals surface area contributed by atoms with Gasteiger partial charge in [-0.25, -0.2) is 0 Å². The van der Waals surface area contributed by atoms with Crippen LogP contribution in [-0.2, 0) is 0 Å². The molecule has 0 atom stereocenters. The largest absolute Gasteiger partial charge is 0.456 e. The molecule has 3 nitrogen and oxygen atoms in total. The van der Waals surface area contributed by atoms with Crippen LogP contribution in [0.3, 0.4) is 0 Å². The summed E-state index contributed by atoms with van der Waals surface area (Å²) >= 11 is 1.87. The van der Waals surface area contributed by atoms with Crippen molar-refractivity contribution in [3.8, 4) is 11.1 Å². The fourth-order valence-corrected chi connectivity index (χ4v) is 24.8. The Balaban J connectivity index is 0.816. The number of para-hydroxylation sites is 4. The maximum absolute atomic E-state index is 6.66. The summed E-state index contributed by atoms with van der Waals surface area (Å²) in [5.41, 5.74) is 11.3. The first-order valence-corrected chi connectivity index (χ1v) is 31.6. The molecule has 0 bridgehead atoms. The Bertz CT molecular complexity index is 4180. The van der Waals surface area contributed by atoms with E-state index < -0.39 is 16.1 Å². The van der Waals surface area contributed by atoms with E-state index in [2.05, 4.69) is 301 Å². The molecule has 4 heterocycles. The van der Waals surface area contributed by atoms with Crippen LogP contribution >= 0.6 is 11.3 Å². The standard InChI is InChI=1S/C72H48N2OSSi2/c1-5-21-53(22-6-1)77(54-23-7-2-8-24-54)69-33-17-13-29-61(69)73(62-30-14-18-34-70(62)77)51-39-42-66-58(47-51)57-45-49(37-41-65(57)75-66)50-38-43-67-59(46-50)60-48-52(40-44-68(60)76-67)74-63-31-15-19-35-71(63)78(55-25-9-3-10-26-55,56-27-11-4-12-28-56)72-36-20-16-32-64(72)74/h1-48H. The van der Waals surface area contributed by atoms with Crippen LogP contribution in [0.15, 0.2) is 296 Å². The van der Waals surface area contributed by atoms with Gasteiger partial charge in [0.1, 0.15) is 11.2 Å². The van der Waals surface area contributed by atoms with Crippen LogP contribution in [0.2, 0.25) is 0 Å². The van der Waals surface area contributed by atoms with Crippen molar-refractivity contribution < 1.29 is 4.42 Å². The second kappa shape index (κ2) is 17.6. The molecule has 366 valence electrons. The average Bonchev–Trinajstić information content (AvgIpc) is 4.02. The molecule has 16 rings (SSSR count). The van der Waals surface area contributed by atoms with Crippen LogP contribution in [0.1, 0.15) is 0 Å². The molecule has 0 fully saturated rings. The van der Waals surface area contributed by atoms with E-state index in [0.717, 1.165) is 38.9 Å². The number of thiophene rings is 1. The topological polar surface area (TPSA) is 19.6 Å². The van der Waals surface area contributed by atoms with Crippen LogP contribution in [-0.4, -0.2) is 16.1 Å². The Morgan fingerprint density at radius 1 is 0.269 bits per heavy atom. The van der Waals surface area contributed by atoms with Gasteiger partial charge in [-0.05, 0) is 138 Å². The minimum atomic E-state index is -2.74. The fourth-order valence-electron chi connectivity index (χ4n) is 13.5. The number of nitrogens with zero attached hydrogens (tertiary/aromatic N) is 2. The zero-order valence-corrected chi connectivity index (χ0v) is 45.2. The highest BCUT2D eigenvalue weighted by molar-refractivity contribution is 7.26. The quantitative estimate of drug-likeness (QED) is 0.148. The maximum atomic E-state index is 6.66. The third kappa shape index (κ3) is 6.48. The van der Waals surface area contributed by atoms with E-state index in [4.69, 9.17) is 4.42 Å². The van der Waals surface area contributed by atoms with Gasteiger partial charge in [-0.1, -0.05) is 206 Å². The average molecular weight is 1050 g/mol. The Hall–Kier alpha value is -9.31. The molecule has 12 aromatic carbocycles. The predicted octanol–water partition coefficient (Wildman–Crippen LogP) is 13.9. The molecule has 0 amide bonds. The summed E-state index contributed by atoms with van der Waals surface area (Å²) in [7, 11) is -5.47. The summed E-state index contributed by atoms with van der Waals surface area (Å²) in [5.74, 6) is 0. The number of rotatable bonds is 7. The molecule has 0 N–H and O–H groups in total. The highest BCUT2D eigenvalue weighted by Crippen LogP contribution is 2.45. The Labute approximate surface area is 458 Å². The molecule has 2 aliphatic heterocycles. The molecule has 0 aliphatic carbocycles. The lowest BCUT2D eigenvalue weighted by molar-refractivity contribution is 0.669. The van der Waals surface area contributed by atoms with Crippen LogP contribution in [0, 0.1) is 0 Å². The van der Waals surface area contributed by atoms with Gasteiger partial charge in [0, 0.05) is 65.1 Å². The van der Waals surface area contributed by atoms with Crippen molar-refractivity contribution in [2.75, 3.05) is 9.80 Å². The van der Waals surface area contributed by atoms with E-state index >= 15 is 0 Å². The van der Waals surface area contributed by atoms with Gasteiger partial charge in [0.25, 0.3) is 0 Å². The van der Waals surface area contributed by atoms with E-state index in [0.29, 0.717) is 0 Å². The molecular formula is C72H48N2OSSi2. The highest BCUT2D eigenvalue weighted by Gasteiger charge is 2.50. The summed E-state index contributed by atoms with van der Waals surface area (Å²) in [5, 5.41) is 15.8. The van der Waals surface area contributed by atoms with Gasteiger partial charge >= 0.3 is 0 Å². The van der Waals surface area contributed by atoms with Gasteiger partial charge in [0.05, 0.1) is 0 Å². The molecule has 0 spiro atoms. The van der Waals surface area contributed by atoms with Crippen molar-refractivity contribution in [3.05, 3.63) is 291 Å². The molecule has 78 heavy (non-hydrogen) atoms. The monoisotopic (exact) mass is 1040 g/mol. The van der Waals surface area contributed by atoms with Gasteiger partial charge in [0.15, 0.2) is 16.1 Å². The number of benzene rings is 12. The Morgan fingerprint density at radius 2 is 0.577 bits per heavy atom.